The van der Waals surface area contributed by atoms with Crippen LogP contribution < -0.4 is 0 Å². The lowest BCUT2D eigenvalue weighted by Gasteiger charge is -2.03. The van der Waals surface area contributed by atoms with Crippen molar-refractivity contribution in [2.45, 2.75) is 0 Å². The second-order valence-corrected chi connectivity index (χ2v) is 2.43. The van der Waals surface area contributed by atoms with Gasteiger partial charge in [0.05, 0.1) is 11.1 Å². The van der Waals surface area contributed by atoms with Crippen LogP contribution in [-0.2, 0) is 0 Å². The van der Waals surface area contributed by atoms with Gasteiger partial charge in [0.1, 0.15) is 23.5 Å². The van der Waals surface area contributed by atoms with E-state index >= 15 is 0 Å². The maximum absolute atomic E-state index is 10.4. The number of rotatable bonds is 1. The molecule has 1 aromatic carbocycles. The summed E-state index contributed by atoms with van der Waals surface area (Å²) in [5.41, 5.74) is -0.886. The van der Waals surface area contributed by atoms with Crippen LogP contribution in [0, 0.1) is 22.7 Å². The number of benzene rings is 1. The summed E-state index contributed by atoms with van der Waals surface area (Å²) in [7, 11) is 0. The van der Waals surface area contributed by atoms with Gasteiger partial charge in [0.25, 0.3) is 0 Å². The molecule has 0 amide bonds. The number of hydrogen-bond donors (Lipinski definition) is 2. The van der Waals surface area contributed by atoms with E-state index in [1.807, 2.05) is 0 Å². The van der Waals surface area contributed by atoms with Crippen molar-refractivity contribution in [2.24, 2.45) is 0 Å². The maximum atomic E-state index is 10.4. The van der Waals surface area contributed by atoms with Gasteiger partial charge in [-0.2, -0.15) is 10.5 Å². The maximum Gasteiger partial charge on any atom is 0.154 e. The quantitative estimate of drug-likeness (QED) is 0.629. The second kappa shape index (κ2) is 3.46. The Labute approximate surface area is 79.1 Å². The molecule has 0 bridgehead atoms. The summed E-state index contributed by atoms with van der Waals surface area (Å²) in [4.78, 5) is 10.4. The number of hydrogen-bond acceptors (Lipinski definition) is 5. The van der Waals surface area contributed by atoms with Gasteiger partial charge in [-0.25, -0.2) is 0 Å². The largest absolute Gasteiger partial charge is 0.506 e. The summed E-state index contributed by atoms with van der Waals surface area (Å²) in [5.74, 6) is -1.22. The zero-order valence-corrected chi connectivity index (χ0v) is 6.85. The van der Waals surface area contributed by atoms with Crippen molar-refractivity contribution >= 4 is 6.29 Å². The fourth-order valence-electron chi connectivity index (χ4n) is 0.964. The molecule has 0 saturated heterocycles. The Morgan fingerprint density at radius 2 is 1.86 bits per heavy atom. The third-order valence-electron chi connectivity index (χ3n) is 1.66. The van der Waals surface area contributed by atoms with Crippen molar-refractivity contribution in [1.82, 2.24) is 0 Å². The number of nitrogens with zero attached hydrogens (tertiary/aromatic N) is 2. The molecule has 0 aliphatic heterocycles. The highest BCUT2D eigenvalue weighted by atomic mass is 16.3. The van der Waals surface area contributed by atoms with Crippen molar-refractivity contribution in [3.63, 3.8) is 0 Å². The van der Waals surface area contributed by atoms with E-state index in [4.69, 9.17) is 10.5 Å². The third-order valence-corrected chi connectivity index (χ3v) is 1.66. The van der Waals surface area contributed by atoms with E-state index in [1.165, 1.54) is 6.07 Å². The first-order chi connectivity index (χ1) is 6.65. The molecule has 0 unspecified atom stereocenters. The first-order valence-electron chi connectivity index (χ1n) is 3.50. The molecule has 0 radical (unpaired) electrons. The van der Waals surface area contributed by atoms with Crippen LogP contribution in [0.3, 0.4) is 0 Å². The fraction of sp³-hybridized carbons (Fsp3) is 0. The Bertz CT molecular complexity index is 480. The van der Waals surface area contributed by atoms with Gasteiger partial charge in [0.15, 0.2) is 12.0 Å². The number of carbonyl (C=O) groups is 1. The second-order valence-electron chi connectivity index (χ2n) is 2.43. The highest BCUT2D eigenvalue weighted by Gasteiger charge is 2.16. The number of phenols is 2. The molecular formula is C9H4N2O3. The van der Waals surface area contributed by atoms with E-state index in [-0.39, 0.29) is 11.1 Å². The van der Waals surface area contributed by atoms with Gasteiger partial charge < -0.3 is 10.2 Å². The van der Waals surface area contributed by atoms with Gasteiger partial charge in [-0.1, -0.05) is 0 Å². The average molecular weight is 188 g/mol. The Kier molecular flexibility index (Phi) is 2.36. The van der Waals surface area contributed by atoms with Crippen molar-refractivity contribution in [3.8, 4) is 23.6 Å². The topological polar surface area (TPSA) is 105 Å². The molecule has 5 nitrogen and oxygen atoms in total. The molecule has 1 aromatic rings. The lowest BCUT2D eigenvalue weighted by Crippen LogP contribution is -1.90. The molecule has 0 aliphatic carbocycles. The molecule has 0 atom stereocenters. The van der Waals surface area contributed by atoms with Gasteiger partial charge >= 0.3 is 0 Å². The number of nitriles is 2. The Balaban J connectivity index is 3.68. The van der Waals surface area contributed by atoms with E-state index in [0.717, 1.165) is 6.07 Å². The van der Waals surface area contributed by atoms with Crippen LogP contribution >= 0.6 is 0 Å². The first kappa shape index (κ1) is 9.56. The zero-order chi connectivity index (χ0) is 10.7. The number of aromatic hydroxyl groups is 2. The summed E-state index contributed by atoms with van der Waals surface area (Å²) in [5, 5.41) is 35.6. The molecule has 2 N–H and O–H groups in total. The van der Waals surface area contributed by atoms with Crippen LogP contribution in [0.4, 0.5) is 0 Å². The minimum absolute atomic E-state index is 0.198. The SMILES string of the molecule is N#Cc1cc(C=O)c(O)c(C#N)c1O. The summed E-state index contributed by atoms with van der Waals surface area (Å²) in [6.07, 6.45) is 0.302. The van der Waals surface area contributed by atoms with Gasteiger partial charge in [-0.05, 0) is 6.07 Å². The minimum Gasteiger partial charge on any atom is -0.506 e. The number of carbonyl (C=O) groups excluding carboxylic acids is 1. The van der Waals surface area contributed by atoms with E-state index in [2.05, 4.69) is 0 Å². The zero-order valence-electron chi connectivity index (χ0n) is 6.85. The van der Waals surface area contributed by atoms with Crippen molar-refractivity contribution in [3.05, 3.63) is 22.8 Å². The van der Waals surface area contributed by atoms with Gasteiger partial charge in [-0.15, -0.1) is 0 Å². The molecule has 1 rings (SSSR count). The van der Waals surface area contributed by atoms with Crippen molar-refractivity contribution in [2.75, 3.05) is 0 Å². The highest BCUT2D eigenvalue weighted by molar-refractivity contribution is 5.83. The fourth-order valence-corrected chi connectivity index (χ4v) is 0.964. The van der Waals surface area contributed by atoms with Crippen molar-refractivity contribution in [1.29, 1.82) is 10.5 Å². The number of aldehydes is 1. The van der Waals surface area contributed by atoms with E-state index < -0.39 is 17.1 Å². The molecule has 68 valence electrons. The summed E-state index contributed by atoms with van der Waals surface area (Å²) >= 11 is 0. The molecule has 5 heteroatoms. The van der Waals surface area contributed by atoms with Crippen LogP contribution in [0.1, 0.15) is 21.5 Å². The molecule has 0 fully saturated rings. The van der Waals surface area contributed by atoms with E-state index in [1.54, 1.807) is 6.07 Å². The predicted octanol–water partition coefficient (Wildman–Crippen LogP) is 0.654. The monoisotopic (exact) mass is 188 g/mol. The van der Waals surface area contributed by atoms with E-state index in [9.17, 15) is 15.0 Å². The number of phenolic OH excluding ortho intramolecular Hbond substituents is 2. The standard InChI is InChI=1S/C9H4N2O3/c10-2-5-1-6(4-12)9(14)7(3-11)8(5)13/h1,4,13-14H. The minimum atomic E-state index is -0.613. The normalized spacial score (nSPS) is 8.71. The van der Waals surface area contributed by atoms with Crippen LogP contribution in [0.2, 0.25) is 0 Å². The molecule has 0 aliphatic rings. The lowest BCUT2D eigenvalue weighted by molar-refractivity contribution is 0.112. The lowest BCUT2D eigenvalue weighted by atomic mass is 10.0. The van der Waals surface area contributed by atoms with Gasteiger partial charge in [0, 0.05) is 0 Å². The van der Waals surface area contributed by atoms with Crippen LogP contribution in [0.25, 0.3) is 0 Å². The van der Waals surface area contributed by atoms with E-state index in [0.29, 0.717) is 6.29 Å². The average Bonchev–Trinajstić information content (AvgIpc) is 2.19. The van der Waals surface area contributed by atoms with Gasteiger partial charge in [-0.3, -0.25) is 4.79 Å². The summed E-state index contributed by atoms with van der Waals surface area (Å²) in [6, 6.07) is 4.12. The molecule has 14 heavy (non-hydrogen) atoms. The molecule has 0 saturated carbocycles. The summed E-state index contributed by atoms with van der Waals surface area (Å²) < 4.78 is 0. The molecule has 0 heterocycles. The predicted molar refractivity (Wildman–Crippen MR) is 44.6 cm³/mol. The van der Waals surface area contributed by atoms with Crippen LogP contribution in [-0.4, -0.2) is 16.5 Å². The molecular weight excluding hydrogens is 184 g/mol. The van der Waals surface area contributed by atoms with Crippen LogP contribution in [0.5, 0.6) is 11.5 Å². The molecule has 0 aromatic heterocycles. The van der Waals surface area contributed by atoms with Gasteiger partial charge in [0.2, 0.25) is 0 Å². The smallest absolute Gasteiger partial charge is 0.154 e. The Morgan fingerprint density at radius 1 is 1.21 bits per heavy atom. The van der Waals surface area contributed by atoms with Crippen LogP contribution in [0.15, 0.2) is 6.07 Å². The molecule has 0 spiro atoms. The first-order valence-corrected chi connectivity index (χ1v) is 3.50. The summed E-state index contributed by atoms with van der Waals surface area (Å²) in [6.45, 7) is 0. The highest BCUT2D eigenvalue weighted by Crippen LogP contribution is 2.32. The third kappa shape index (κ3) is 1.23. The Morgan fingerprint density at radius 3 is 2.29 bits per heavy atom. The van der Waals surface area contributed by atoms with Crippen molar-refractivity contribution < 1.29 is 15.0 Å². The Hall–Kier alpha value is -2.53.